The van der Waals surface area contributed by atoms with Crippen LogP contribution in [0.2, 0.25) is 0 Å². The number of hydrogen-bond acceptors (Lipinski definition) is 4. The van der Waals surface area contributed by atoms with E-state index in [4.69, 9.17) is 10.5 Å². The summed E-state index contributed by atoms with van der Waals surface area (Å²) in [4.78, 5) is 15.5. The zero-order chi connectivity index (χ0) is 24.6. The zero-order valence-electron chi connectivity index (χ0n) is 21.4. The van der Waals surface area contributed by atoms with Crippen molar-refractivity contribution in [2.24, 2.45) is 11.7 Å². The molecule has 0 aromatic heterocycles. The van der Waals surface area contributed by atoms with Crippen LogP contribution in [0, 0.1) is 5.92 Å². The van der Waals surface area contributed by atoms with Crippen LogP contribution in [0.15, 0.2) is 54.6 Å². The Kier molecular flexibility index (Phi) is 9.54. The smallest absolute Gasteiger partial charge is 0.227 e. The highest BCUT2D eigenvalue weighted by molar-refractivity contribution is 5.83. The standard InChI is InChI=1S/C29H43N3O2/c1-5-11-22(2)21-34-26-16-14-25(15-17-26)27(20-32(4)29(30)18-9-10-19-29)31-28(33)23(3)24-12-7-6-8-13-24/h6-8,12-17,22-23,27H,5,9-11,18-21,30H2,1-4H3,(H,31,33)/t22?,23-,27-/m0/s1. The lowest BCUT2D eigenvalue weighted by Gasteiger charge is -2.38. The van der Waals surface area contributed by atoms with Crippen LogP contribution in [0.25, 0.3) is 0 Å². The number of nitrogens with one attached hydrogen (secondary N) is 1. The number of carbonyl (C=O) groups excluding carboxylic acids is 1. The van der Waals surface area contributed by atoms with Gasteiger partial charge in [0.1, 0.15) is 5.75 Å². The maximum atomic E-state index is 13.2. The van der Waals surface area contributed by atoms with Crippen molar-refractivity contribution < 1.29 is 9.53 Å². The minimum absolute atomic E-state index is 0.0239. The van der Waals surface area contributed by atoms with Crippen LogP contribution in [0.3, 0.4) is 0 Å². The van der Waals surface area contributed by atoms with Crippen molar-refractivity contribution >= 4 is 5.91 Å². The number of ether oxygens (including phenoxy) is 1. The molecule has 3 rings (SSSR count). The van der Waals surface area contributed by atoms with Gasteiger partial charge in [0.25, 0.3) is 0 Å². The third-order valence-corrected chi connectivity index (χ3v) is 7.29. The van der Waals surface area contributed by atoms with Crippen LogP contribution in [-0.2, 0) is 4.79 Å². The predicted molar refractivity (Wildman–Crippen MR) is 140 cm³/mol. The van der Waals surface area contributed by atoms with Gasteiger partial charge in [0, 0.05) is 6.54 Å². The van der Waals surface area contributed by atoms with Crippen molar-refractivity contribution in [1.82, 2.24) is 10.2 Å². The molecule has 0 aliphatic heterocycles. The SMILES string of the molecule is CCCC(C)COc1ccc([C@H](CN(C)C2(N)CCCC2)NC(=O)[C@@H](C)c2ccccc2)cc1. The summed E-state index contributed by atoms with van der Waals surface area (Å²) < 4.78 is 5.99. The molecule has 3 N–H and O–H groups in total. The number of amides is 1. The first-order chi connectivity index (χ1) is 16.3. The van der Waals surface area contributed by atoms with Crippen molar-refractivity contribution in [3.8, 4) is 5.75 Å². The second-order valence-corrected chi connectivity index (χ2v) is 10.2. The second-order valence-electron chi connectivity index (χ2n) is 10.2. The van der Waals surface area contributed by atoms with Gasteiger partial charge >= 0.3 is 0 Å². The van der Waals surface area contributed by atoms with Crippen LogP contribution < -0.4 is 15.8 Å². The molecule has 0 saturated heterocycles. The fourth-order valence-corrected chi connectivity index (χ4v) is 4.86. The molecule has 1 amide bonds. The Hall–Kier alpha value is -2.37. The maximum Gasteiger partial charge on any atom is 0.227 e. The van der Waals surface area contributed by atoms with E-state index in [0.29, 0.717) is 12.5 Å². The summed E-state index contributed by atoms with van der Waals surface area (Å²) in [6.45, 7) is 7.77. The van der Waals surface area contributed by atoms with Gasteiger partial charge in [0.2, 0.25) is 5.91 Å². The normalized spacial score (nSPS) is 17.8. The lowest BCUT2D eigenvalue weighted by Crippen LogP contribution is -2.54. The van der Waals surface area contributed by atoms with Gasteiger partial charge < -0.3 is 15.8 Å². The molecule has 1 aliphatic rings. The van der Waals surface area contributed by atoms with E-state index in [9.17, 15) is 4.79 Å². The third kappa shape index (κ3) is 7.07. The van der Waals surface area contributed by atoms with E-state index in [1.165, 1.54) is 12.8 Å². The highest BCUT2D eigenvalue weighted by Gasteiger charge is 2.35. The van der Waals surface area contributed by atoms with Gasteiger partial charge in [-0.05, 0) is 62.4 Å². The number of rotatable bonds is 12. The fourth-order valence-electron chi connectivity index (χ4n) is 4.86. The summed E-state index contributed by atoms with van der Waals surface area (Å²) >= 11 is 0. The summed E-state index contributed by atoms with van der Waals surface area (Å²) in [5.74, 6) is 1.21. The van der Waals surface area contributed by atoms with Crippen LogP contribution in [0.1, 0.15) is 82.4 Å². The van der Waals surface area contributed by atoms with Gasteiger partial charge in [-0.2, -0.15) is 0 Å². The average Bonchev–Trinajstić information content (AvgIpc) is 3.30. The van der Waals surface area contributed by atoms with Crippen molar-refractivity contribution in [3.05, 3.63) is 65.7 Å². The van der Waals surface area contributed by atoms with Crippen molar-refractivity contribution in [3.63, 3.8) is 0 Å². The Morgan fingerprint density at radius 2 is 1.71 bits per heavy atom. The first-order valence-electron chi connectivity index (χ1n) is 12.9. The van der Waals surface area contributed by atoms with Gasteiger partial charge in [0.05, 0.1) is 24.2 Å². The van der Waals surface area contributed by atoms with E-state index in [-0.39, 0.29) is 23.5 Å². The molecule has 1 unspecified atom stereocenters. The minimum Gasteiger partial charge on any atom is -0.493 e. The number of hydrogen-bond donors (Lipinski definition) is 2. The van der Waals surface area contributed by atoms with Gasteiger partial charge in [0.15, 0.2) is 0 Å². The molecule has 1 saturated carbocycles. The van der Waals surface area contributed by atoms with Gasteiger partial charge in [-0.15, -0.1) is 0 Å². The topological polar surface area (TPSA) is 67.6 Å². The highest BCUT2D eigenvalue weighted by atomic mass is 16.5. The lowest BCUT2D eigenvalue weighted by atomic mass is 9.98. The highest BCUT2D eigenvalue weighted by Crippen LogP contribution is 2.31. The Bertz CT molecular complexity index is 878. The summed E-state index contributed by atoms with van der Waals surface area (Å²) in [6, 6.07) is 18.0. The van der Waals surface area contributed by atoms with Crippen LogP contribution >= 0.6 is 0 Å². The summed E-state index contributed by atoms with van der Waals surface area (Å²) in [7, 11) is 2.08. The van der Waals surface area contributed by atoms with Crippen LogP contribution in [0.5, 0.6) is 5.75 Å². The van der Waals surface area contributed by atoms with Crippen LogP contribution in [0.4, 0.5) is 0 Å². The Morgan fingerprint density at radius 1 is 1.06 bits per heavy atom. The van der Waals surface area contributed by atoms with Crippen molar-refractivity contribution in [1.29, 1.82) is 0 Å². The molecule has 2 aromatic rings. The molecule has 0 heterocycles. The molecule has 5 nitrogen and oxygen atoms in total. The molecular weight excluding hydrogens is 422 g/mol. The van der Waals surface area contributed by atoms with E-state index in [1.807, 2.05) is 49.4 Å². The first-order valence-corrected chi connectivity index (χ1v) is 12.9. The Balaban J connectivity index is 1.73. The summed E-state index contributed by atoms with van der Waals surface area (Å²) in [5.41, 5.74) is 8.50. The predicted octanol–water partition coefficient (Wildman–Crippen LogP) is 5.62. The monoisotopic (exact) mass is 465 g/mol. The molecule has 0 radical (unpaired) electrons. The Labute approximate surface area is 206 Å². The van der Waals surface area contributed by atoms with E-state index < -0.39 is 0 Å². The second kappa shape index (κ2) is 12.4. The third-order valence-electron chi connectivity index (χ3n) is 7.29. The zero-order valence-corrected chi connectivity index (χ0v) is 21.4. The number of carbonyl (C=O) groups is 1. The maximum absolute atomic E-state index is 13.2. The van der Waals surface area contributed by atoms with Crippen LogP contribution in [-0.4, -0.2) is 36.7 Å². The van der Waals surface area contributed by atoms with Gasteiger partial charge in [-0.3, -0.25) is 9.69 Å². The number of benzene rings is 2. The van der Waals surface area contributed by atoms with Crippen molar-refractivity contribution in [2.75, 3.05) is 20.2 Å². The molecule has 186 valence electrons. The van der Waals surface area contributed by atoms with E-state index >= 15 is 0 Å². The Morgan fingerprint density at radius 3 is 2.32 bits per heavy atom. The van der Waals surface area contributed by atoms with Gasteiger partial charge in [-0.25, -0.2) is 0 Å². The lowest BCUT2D eigenvalue weighted by molar-refractivity contribution is -0.123. The summed E-state index contributed by atoms with van der Waals surface area (Å²) in [6.07, 6.45) is 6.64. The van der Waals surface area contributed by atoms with E-state index in [1.54, 1.807) is 0 Å². The summed E-state index contributed by atoms with van der Waals surface area (Å²) in [5, 5.41) is 3.31. The molecule has 5 heteroatoms. The first kappa shape index (κ1) is 26.2. The molecule has 0 spiro atoms. The average molecular weight is 466 g/mol. The molecule has 2 aromatic carbocycles. The molecule has 1 fully saturated rings. The molecular formula is C29H43N3O2. The minimum atomic E-state index is -0.299. The number of nitrogens with zero attached hydrogens (tertiary/aromatic N) is 1. The quantitative estimate of drug-likeness (QED) is 0.399. The molecule has 1 aliphatic carbocycles. The van der Waals surface area contributed by atoms with Gasteiger partial charge in [-0.1, -0.05) is 75.6 Å². The van der Waals surface area contributed by atoms with E-state index in [0.717, 1.165) is 49.2 Å². The molecule has 3 atom stereocenters. The van der Waals surface area contributed by atoms with E-state index in [2.05, 4.69) is 43.2 Å². The molecule has 0 bridgehead atoms. The largest absolute Gasteiger partial charge is 0.493 e. The fraction of sp³-hybridized carbons (Fsp3) is 0.552. The number of likely N-dealkylation sites (N-methyl/N-ethyl adjacent to an activating group) is 1. The number of nitrogens with two attached hydrogens (primary N) is 1. The molecule has 34 heavy (non-hydrogen) atoms. The van der Waals surface area contributed by atoms with Crippen molar-refractivity contribution in [2.45, 2.75) is 76.9 Å².